The van der Waals surface area contributed by atoms with Crippen LogP contribution in [0.1, 0.15) is 25.7 Å². The smallest absolute Gasteiger partial charge is 0.141 e. The lowest BCUT2D eigenvalue weighted by Crippen LogP contribution is -2.52. The standard InChI is InChI=1S/C10H13FO/c11-9-6-1-5-2-7(4-6)10(12)8(9)3-5/h5-9H,1-4H2/t5-,6+,7-,8+,9-/m1/s1. The van der Waals surface area contributed by atoms with Crippen molar-refractivity contribution in [3.63, 3.8) is 0 Å². The lowest BCUT2D eigenvalue weighted by Gasteiger charge is -2.50. The van der Waals surface area contributed by atoms with E-state index >= 15 is 0 Å². The average Bonchev–Trinajstić information content (AvgIpc) is 2.07. The first kappa shape index (κ1) is 7.05. The summed E-state index contributed by atoms with van der Waals surface area (Å²) in [6.45, 7) is 0. The van der Waals surface area contributed by atoms with E-state index in [0.717, 1.165) is 25.7 Å². The highest BCUT2D eigenvalue weighted by Crippen LogP contribution is 2.52. The first-order valence-electron chi connectivity index (χ1n) is 4.93. The van der Waals surface area contributed by atoms with Gasteiger partial charge in [-0.1, -0.05) is 0 Å². The Kier molecular flexibility index (Phi) is 1.23. The number of Topliss-reactive ketones (excluding diaryl/α,β-unsaturated/α-hetero) is 1. The number of carbonyl (C=O) groups excluding carboxylic acids is 1. The molecular formula is C10H13FO. The van der Waals surface area contributed by atoms with Gasteiger partial charge in [0, 0.05) is 11.8 Å². The fourth-order valence-electron chi connectivity index (χ4n) is 3.56. The quantitative estimate of drug-likeness (QED) is 0.540. The first-order valence-corrected chi connectivity index (χ1v) is 4.93. The van der Waals surface area contributed by atoms with Gasteiger partial charge in [-0.15, -0.1) is 0 Å². The van der Waals surface area contributed by atoms with Crippen molar-refractivity contribution in [3.8, 4) is 0 Å². The van der Waals surface area contributed by atoms with E-state index in [1.165, 1.54) is 0 Å². The molecule has 2 heteroatoms. The second-order valence-electron chi connectivity index (χ2n) is 4.72. The molecule has 0 radical (unpaired) electrons. The Balaban J connectivity index is 1.98. The number of hydrogen-bond donors (Lipinski definition) is 0. The maximum Gasteiger partial charge on any atom is 0.141 e. The highest BCUT2D eigenvalue weighted by molar-refractivity contribution is 5.86. The van der Waals surface area contributed by atoms with Crippen LogP contribution >= 0.6 is 0 Å². The Labute approximate surface area is 71.3 Å². The van der Waals surface area contributed by atoms with Crippen LogP contribution in [-0.2, 0) is 4.79 Å². The minimum Gasteiger partial charge on any atom is -0.299 e. The summed E-state index contributed by atoms with van der Waals surface area (Å²) in [6, 6.07) is 0. The van der Waals surface area contributed by atoms with Crippen molar-refractivity contribution < 1.29 is 9.18 Å². The van der Waals surface area contributed by atoms with Crippen LogP contribution < -0.4 is 0 Å². The first-order chi connectivity index (χ1) is 5.75. The molecule has 0 N–H and O–H groups in total. The summed E-state index contributed by atoms with van der Waals surface area (Å²) in [4.78, 5) is 11.5. The van der Waals surface area contributed by atoms with Gasteiger partial charge in [-0.05, 0) is 37.5 Å². The number of hydrogen-bond acceptors (Lipinski definition) is 1. The lowest BCUT2D eigenvalue weighted by molar-refractivity contribution is -0.147. The second kappa shape index (κ2) is 2.09. The molecule has 12 heavy (non-hydrogen) atoms. The van der Waals surface area contributed by atoms with Gasteiger partial charge in [0.25, 0.3) is 0 Å². The molecule has 0 spiro atoms. The van der Waals surface area contributed by atoms with Crippen molar-refractivity contribution in [3.05, 3.63) is 0 Å². The van der Waals surface area contributed by atoms with Gasteiger partial charge in [0.15, 0.2) is 0 Å². The minimum absolute atomic E-state index is 0.193. The van der Waals surface area contributed by atoms with Crippen LogP contribution in [0.5, 0.6) is 0 Å². The zero-order valence-corrected chi connectivity index (χ0v) is 7.00. The highest BCUT2D eigenvalue weighted by atomic mass is 19.1. The van der Waals surface area contributed by atoms with Crippen LogP contribution in [0.25, 0.3) is 0 Å². The maximum atomic E-state index is 13.5. The molecule has 5 atom stereocenters. The van der Waals surface area contributed by atoms with Crippen molar-refractivity contribution in [2.45, 2.75) is 31.9 Å². The predicted octanol–water partition coefficient (Wildman–Crippen LogP) is 1.96. The minimum atomic E-state index is -0.787. The number of halogens is 1. The summed E-state index contributed by atoms with van der Waals surface area (Å²) in [5, 5.41) is 0. The van der Waals surface area contributed by atoms with Gasteiger partial charge in [0.1, 0.15) is 12.0 Å². The molecule has 0 aromatic heterocycles. The molecule has 4 fully saturated rings. The van der Waals surface area contributed by atoms with Gasteiger partial charge in [0.2, 0.25) is 0 Å². The summed E-state index contributed by atoms with van der Waals surface area (Å²) in [5.41, 5.74) is 0. The van der Waals surface area contributed by atoms with Crippen LogP contribution in [0, 0.1) is 23.7 Å². The van der Waals surface area contributed by atoms with Crippen LogP contribution in [0.15, 0.2) is 0 Å². The van der Waals surface area contributed by atoms with E-state index in [1.807, 2.05) is 0 Å². The fourth-order valence-corrected chi connectivity index (χ4v) is 3.56. The molecule has 4 saturated carbocycles. The second-order valence-corrected chi connectivity index (χ2v) is 4.72. The molecule has 0 unspecified atom stereocenters. The van der Waals surface area contributed by atoms with Gasteiger partial charge in [-0.25, -0.2) is 4.39 Å². The summed E-state index contributed by atoms with van der Waals surface area (Å²) in [5.74, 6) is 1.23. The lowest BCUT2D eigenvalue weighted by atomic mass is 9.55. The Bertz CT molecular complexity index is 238. The molecule has 1 nitrogen and oxygen atoms in total. The molecule has 0 aliphatic heterocycles. The van der Waals surface area contributed by atoms with E-state index in [-0.39, 0.29) is 23.5 Å². The third kappa shape index (κ3) is 0.711. The molecule has 4 aliphatic rings. The molecule has 0 heterocycles. The summed E-state index contributed by atoms with van der Waals surface area (Å²) < 4.78 is 13.5. The van der Waals surface area contributed by atoms with Crippen molar-refractivity contribution in [2.75, 3.05) is 0 Å². The predicted molar refractivity (Wildman–Crippen MR) is 42.3 cm³/mol. The van der Waals surface area contributed by atoms with Gasteiger partial charge in [0.05, 0.1) is 0 Å². The molecule has 66 valence electrons. The topological polar surface area (TPSA) is 17.1 Å². The average molecular weight is 168 g/mol. The van der Waals surface area contributed by atoms with Gasteiger partial charge in [-0.3, -0.25) is 4.79 Å². The van der Waals surface area contributed by atoms with Crippen LogP contribution in [0.4, 0.5) is 4.39 Å². The van der Waals surface area contributed by atoms with E-state index in [0.29, 0.717) is 5.92 Å². The fraction of sp³-hybridized carbons (Fsp3) is 0.900. The summed E-state index contributed by atoms with van der Waals surface area (Å²) in [6.07, 6.45) is 3.05. The third-order valence-electron chi connectivity index (χ3n) is 4.03. The molecule has 0 saturated heterocycles. The SMILES string of the molecule is O=C1[C@@H]2C[C@H]3C[C@@H](C2)[C@@H](F)[C@@H]1C3. The van der Waals surface area contributed by atoms with E-state index in [2.05, 4.69) is 0 Å². The Morgan fingerprint density at radius 3 is 2.83 bits per heavy atom. The Hall–Kier alpha value is -0.400. The largest absolute Gasteiger partial charge is 0.299 e. The van der Waals surface area contributed by atoms with Crippen molar-refractivity contribution >= 4 is 5.78 Å². The van der Waals surface area contributed by atoms with Crippen LogP contribution in [-0.4, -0.2) is 12.0 Å². The monoisotopic (exact) mass is 168 g/mol. The molecule has 4 rings (SSSR count). The number of alkyl halides is 1. The molecule has 0 aromatic rings. The molecular weight excluding hydrogens is 155 g/mol. The summed E-state index contributed by atoms with van der Waals surface area (Å²) in [7, 11) is 0. The van der Waals surface area contributed by atoms with Crippen LogP contribution in [0.2, 0.25) is 0 Å². The molecule has 4 bridgehead atoms. The zero-order valence-electron chi connectivity index (χ0n) is 7.00. The zero-order chi connectivity index (χ0) is 8.29. The van der Waals surface area contributed by atoms with E-state index in [9.17, 15) is 9.18 Å². The Morgan fingerprint density at radius 1 is 1.17 bits per heavy atom. The molecule has 0 amide bonds. The van der Waals surface area contributed by atoms with Crippen molar-refractivity contribution in [1.82, 2.24) is 0 Å². The molecule has 0 aromatic carbocycles. The number of ketones is 1. The number of rotatable bonds is 0. The highest BCUT2D eigenvalue weighted by Gasteiger charge is 2.53. The van der Waals surface area contributed by atoms with E-state index in [1.54, 1.807) is 0 Å². The maximum absolute atomic E-state index is 13.5. The summed E-state index contributed by atoms with van der Waals surface area (Å²) >= 11 is 0. The normalized spacial score (nSPS) is 56.4. The third-order valence-corrected chi connectivity index (χ3v) is 4.03. The Morgan fingerprint density at radius 2 is 2.00 bits per heavy atom. The van der Waals surface area contributed by atoms with E-state index < -0.39 is 6.17 Å². The van der Waals surface area contributed by atoms with Gasteiger partial charge < -0.3 is 0 Å². The van der Waals surface area contributed by atoms with Crippen LogP contribution in [0.3, 0.4) is 0 Å². The molecule has 4 aliphatic carbocycles. The number of carbonyl (C=O) groups is 1. The van der Waals surface area contributed by atoms with Crippen molar-refractivity contribution in [2.24, 2.45) is 23.7 Å². The van der Waals surface area contributed by atoms with E-state index in [4.69, 9.17) is 0 Å². The van der Waals surface area contributed by atoms with Crippen molar-refractivity contribution in [1.29, 1.82) is 0 Å². The van der Waals surface area contributed by atoms with Gasteiger partial charge in [-0.2, -0.15) is 0 Å². The van der Waals surface area contributed by atoms with Gasteiger partial charge >= 0.3 is 0 Å².